The molecule has 19 heavy (non-hydrogen) atoms. The van der Waals surface area contributed by atoms with Crippen molar-refractivity contribution in [2.75, 3.05) is 31.4 Å². The Labute approximate surface area is 112 Å². The predicted molar refractivity (Wildman–Crippen MR) is 74.1 cm³/mol. The standard InChI is InChI=1S/C12H18N2O4S/c1-18-10-6-3-5-9(11(10)13)12(15)14-7-4-8-19(2,16)17/h3,5-6H,4,7-8,13H2,1-2H3,(H,14,15). The summed E-state index contributed by atoms with van der Waals surface area (Å²) in [6, 6.07) is 4.92. The maximum Gasteiger partial charge on any atom is 0.253 e. The van der Waals surface area contributed by atoms with Gasteiger partial charge in [0.1, 0.15) is 15.6 Å². The highest BCUT2D eigenvalue weighted by molar-refractivity contribution is 7.90. The van der Waals surface area contributed by atoms with Crippen molar-refractivity contribution < 1.29 is 17.9 Å². The highest BCUT2D eigenvalue weighted by Crippen LogP contribution is 2.24. The minimum absolute atomic E-state index is 0.0425. The van der Waals surface area contributed by atoms with Crippen molar-refractivity contribution >= 4 is 21.4 Å². The lowest BCUT2D eigenvalue weighted by Gasteiger charge is -2.10. The molecular formula is C12H18N2O4S. The van der Waals surface area contributed by atoms with E-state index < -0.39 is 9.84 Å². The molecule has 106 valence electrons. The van der Waals surface area contributed by atoms with Gasteiger partial charge in [0.2, 0.25) is 0 Å². The average Bonchev–Trinajstić information content (AvgIpc) is 2.33. The van der Waals surface area contributed by atoms with Crippen molar-refractivity contribution in [3.63, 3.8) is 0 Å². The molecule has 0 unspecified atom stereocenters. The fourth-order valence-electron chi connectivity index (χ4n) is 1.55. The Morgan fingerprint density at radius 3 is 2.68 bits per heavy atom. The third kappa shape index (κ3) is 4.78. The average molecular weight is 286 g/mol. The fraction of sp³-hybridized carbons (Fsp3) is 0.417. The zero-order chi connectivity index (χ0) is 14.5. The van der Waals surface area contributed by atoms with Crippen LogP contribution in [-0.4, -0.2) is 40.0 Å². The maximum absolute atomic E-state index is 11.9. The number of rotatable bonds is 6. The van der Waals surface area contributed by atoms with Gasteiger partial charge in [0.05, 0.1) is 24.1 Å². The molecule has 0 aliphatic carbocycles. The van der Waals surface area contributed by atoms with Gasteiger partial charge >= 0.3 is 0 Å². The van der Waals surface area contributed by atoms with Crippen LogP contribution in [0.2, 0.25) is 0 Å². The number of carbonyl (C=O) groups is 1. The van der Waals surface area contributed by atoms with Crippen molar-refractivity contribution in [1.29, 1.82) is 0 Å². The summed E-state index contributed by atoms with van der Waals surface area (Å²) in [6.07, 6.45) is 1.53. The van der Waals surface area contributed by atoms with Crippen LogP contribution >= 0.6 is 0 Å². The van der Waals surface area contributed by atoms with Crippen molar-refractivity contribution in [3.05, 3.63) is 23.8 Å². The van der Waals surface area contributed by atoms with E-state index in [1.165, 1.54) is 7.11 Å². The molecule has 6 nitrogen and oxygen atoms in total. The van der Waals surface area contributed by atoms with Gasteiger partial charge in [-0.1, -0.05) is 6.07 Å². The van der Waals surface area contributed by atoms with E-state index in [1.807, 2.05) is 0 Å². The largest absolute Gasteiger partial charge is 0.495 e. The number of hydrogen-bond donors (Lipinski definition) is 2. The monoisotopic (exact) mass is 286 g/mol. The van der Waals surface area contributed by atoms with Gasteiger partial charge in [0.15, 0.2) is 0 Å². The number of amides is 1. The number of sulfone groups is 1. The molecule has 0 aliphatic heterocycles. The summed E-state index contributed by atoms with van der Waals surface area (Å²) in [6.45, 7) is 0.280. The molecule has 0 saturated heterocycles. The third-order valence-corrected chi connectivity index (χ3v) is 3.54. The van der Waals surface area contributed by atoms with Crippen LogP contribution < -0.4 is 15.8 Å². The second-order valence-corrected chi connectivity index (χ2v) is 6.42. The quantitative estimate of drug-likeness (QED) is 0.584. The van der Waals surface area contributed by atoms with Gasteiger partial charge in [-0.3, -0.25) is 4.79 Å². The number of anilines is 1. The molecule has 0 heterocycles. The lowest BCUT2D eigenvalue weighted by Crippen LogP contribution is -2.26. The number of methoxy groups -OCH3 is 1. The van der Waals surface area contributed by atoms with Gasteiger partial charge in [0, 0.05) is 12.8 Å². The Kier molecular flexibility index (Phi) is 5.17. The van der Waals surface area contributed by atoms with Crippen LogP contribution in [0.25, 0.3) is 0 Å². The second-order valence-electron chi connectivity index (χ2n) is 4.16. The molecule has 3 N–H and O–H groups in total. The molecule has 1 aromatic carbocycles. The van der Waals surface area contributed by atoms with Crippen LogP contribution in [-0.2, 0) is 9.84 Å². The Morgan fingerprint density at radius 2 is 2.11 bits per heavy atom. The summed E-state index contributed by atoms with van der Waals surface area (Å²) in [5.41, 5.74) is 6.37. The molecule has 0 atom stereocenters. The number of nitrogens with one attached hydrogen (secondary N) is 1. The summed E-state index contributed by atoms with van der Waals surface area (Å²) in [4.78, 5) is 11.9. The predicted octanol–water partition coefficient (Wildman–Crippen LogP) is 0.442. The van der Waals surface area contributed by atoms with E-state index >= 15 is 0 Å². The summed E-state index contributed by atoms with van der Waals surface area (Å²) in [5.74, 6) is 0.134. The van der Waals surface area contributed by atoms with Gasteiger partial charge in [0.25, 0.3) is 5.91 Å². The topological polar surface area (TPSA) is 98.5 Å². The number of benzene rings is 1. The van der Waals surface area contributed by atoms with Crippen molar-refractivity contribution in [3.8, 4) is 5.75 Å². The van der Waals surface area contributed by atoms with E-state index in [0.29, 0.717) is 17.7 Å². The van der Waals surface area contributed by atoms with E-state index in [-0.39, 0.29) is 23.9 Å². The first kappa shape index (κ1) is 15.3. The van der Waals surface area contributed by atoms with E-state index in [0.717, 1.165) is 6.26 Å². The fourth-order valence-corrected chi connectivity index (χ4v) is 2.22. The molecule has 0 aliphatic rings. The molecule has 1 rings (SSSR count). The minimum atomic E-state index is -3.00. The minimum Gasteiger partial charge on any atom is -0.495 e. The Hall–Kier alpha value is -1.76. The maximum atomic E-state index is 11.9. The number of para-hydroxylation sites is 1. The normalized spacial score (nSPS) is 11.1. The van der Waals surface area contributed by atoms with Crippen molar-refractivity contribution in [1.82, 2.24) is 5.32 Å². The van der Waals surface area contributed by atoms with Crippen molar-refractivity contribution in [2.45, 2.75) is 6.42 Å². The highest BCUT2D eigenvalue weighted by atomic mass is 32.2. The zero-order valence-corrected chi connectivity index (χ0v) is 11.8. The van der Waals surface area contributed by atoms with Gasteiger partial charge in [-0.15, -0.1) is 0 Å². The van der Waals surface area contributed by atoms with Gasteiger partial charge in [-0.2, -0.15) is 0 Å². The lowest BCUT2D eigenvalue weighted by molar-refractivity contribution is 0.0954. The van der Waals surface area contributed by atoms with Crippen LogP contribution in [0.3, 0.4) is 0 Å². The summed E-state index contributed by atoms with van der Waals surface area (Å²) in [7, 11) is -1.53. The molecule has 0 aromatic heterocycles. The molecule has 0 spiro atoms. The first-order valence-electron chi connectivity index (χ1n) is 5.73. The number of carbonyl (C=O) groups excluding carboxylic acids is 1. The highest BCUT2D eigenvalue weighted by Gasteiger charge is 2.12. The first-order chi connectivity index (χ1) is 8.85. The second kappa shape index (κ2) is 6.42. The molecular weight excluding hydrogens is 268 g/mol. The van der Waals surface area contributed by atoms with Crippen LogP contribution in [0, 0.1) is 0 Å². The van der Waals surface area contributed by atoms with Crippen LogP contribution in [0.1, 0.15) is 16.8 Å². The molecule has 7 heteroatoms. The summed E-state index contributed by atoms with van der Waals surface area (Å²) >= 11 is 0. The molecule has 0 saturated carbocycles. The van der Waals surface area contributed by atoms with E-state index in [2.05, 4.69) is 5.32 Å². The lowest BCUT2D eigenvalue weighted by atomic mass is 10.1. The van der Waals surface area contributed by atoms with Gasteiger partial charge in [-0.05, 0) is 18.6 Å². The summed E-state index contributed by atoms with van der Waals surface area (Å²) in [5, 5.41) is 2.62. The van der Waals surface area contributed by atoms with Crippen molar-refractivity contribution in [2.24, 2.45) is 0 Å². The van der Waals surface area contributed by atoms with Gasteiger partial charge < -0.3 is 15.8 Å². The zero-order valence-electron chi connectivity index (χ0n) is 11.0. The molecule has 1 aromatic rings. The molecule has 0 fully saturated rings. The van der Waals surface area contributed by atoms with Crippen LogP contribution in [0.4, 0.5) is 5.69 Å². The number of nitrogen functional groups attached to an aromatic ring is 1. The number of nitrogens with two attached hydrogens (primary N) is 1. The van der Waals surface area contributed by atoms with E-state index in [9.17, 15) is 13.2 Å². The third-order valence-electron chi connectivity index (χ3n) is 2.51. The number of hydrogen-bond acceptors (Lipinski definition) is 5. The molecule has 0 radical (unpaired) electrons. The number of ether oxygens (including phenoxy) is 1. The van der Waals surface area contributed by atoms with Gasteiger partial charge in [-0.25, -0.2) is 8.42 Å². The van der Waals surface area contributed by atoms with E-state index in [4.69, 9.17) is 10.5 Å². The summed E-state index contributed by atoms with van der Waals surface area (Å²) < 4.78 is 26.9. The smallest absolute Gasteiger partial charge is 0.253 e. The first-order valence-corrected chi connectivity index (χ1v) is 7.79. The van der Waals surface area contributed by atoms with Crippen LogP contribution in [0.15, 0.2) is 18.2 Å². The SMILES string of the molecule is COc1cccc(C(=O)NCCCS(C)(=O)=O)c1N. The molecule has 1 amide bonds. The molecule has 0 bridgehead atoms. The van der Waals surface area contributed by atoms with Crippen LogP contribution in [0.5, 0.6) is 5.75 Å². The Morgan fingerprint density at radius 1 is 1.42 bits per heavy atom. The Bertz CT molecular complexity index is 555. The Balaban J connectivity index is 2.59. The van der Waals surface area contributed by atoms with E-state index in [1.54, 1.807) is 18.2 Å².